The second-order valence-corrected chi connectivity index (χ2v) is 8.22. The maximum Gasteiger partial charge on any atom is 0.208 e. The molecule has 21 heavy (non-hydrogen) atoms. The summed E-state index contributed by atoms with van der Waals surface area (Å²) in [5.41, 5.74) is 1.18. The predicted octanol–water partition coefficient (Wildman–Crippen LogP) is 0.979. The molecule has 0 spiro atoms. The van der Waals surface area contributed by atoms with Crippen molar-refractivity contribution in [3.63, 3.8) is 0 Å². The molecule has 1 fully saturated rings. The van der Waals surface area contributed by atoms with Gasteiger partial charge in [-0.15, -0.1) is 0 Å². The van der Waals surface area contributed by atoms with E-state index >= 15 is 0 Å². The molecule has 7 heteroatoms. The third-order valence-electron chi connectivity index (χ3n) is 4.52. The van der Waals surface area contributed by atoms with Crippen molar-refractivity contribution in [3.8, 4) is 0 Å². The maximum absolute atomic E-state index is 11.3. The van der Waals surface area contributed by atoms with Gasteiger partial charge in [-0.3, -0.25) is 9.58 Å². The summed E-state index contributed by atoms with van der Waals surface area (Å²) in [4.78, 5) is 2.46. The van der Waals surface area contributed by atoms with E-state index in [0.29, 0.717) is 6.54 Å². The van der Waals surface area contributed by atoms with Gasteiger partial charge in [0, 0.05) is 32.4 Å². The summed E-state index contributed by atoms with van der Waals surface area (Å²) in [6, 6.07) is 2.12. The fourth-order valence-electron chi connectivity index (χ4n) is 3.56. The van der Waals surface area contributed by atoms with E-state index in [0.717, 1.165) is 25.6 Å². The summed E-state index contributed by atoms with van der Waals surface area (Å²) in [6.07, 6.45) is 8.40. The Bertz CT molecular complexity index is 578. The molecule has 0 unspecified atom stereocenters. The van der Waals surface area contributed by atoms with E-state index in [4.69, 9.17) is 0 Å². The SMILES string of the molecule is CS(=O)(=O)NC[C@H]1CN(CC2CCCC2)Cc2ccnn21. The molecular weight excluding hydrogens is 288 g/mol. The van der Waals surface area contributed by atoms with Gasteiger partial charge < -0.3 is 0 Å². The number of hydrogen-bond donors (Lipinski definition) is 1. The van der Waals surface area contributed by atoms with Crippen LogP contribution in [0.5, 0.6) is 0 Å². The van der Waals surface area contributed by atoms with Gasteiger partial charge in [-0.1, -0.05) is 12.8 Å². The summed E-state index contributed by atoms with van der Waals surface area (Å²) in [6.45, 7) is 3.33. The van der Waals surface area contributed by atoms with Crippen LogP contribution in [0.15, 0.2) is 12.3 Å². The molecule has 1 saturated carbocycles. The van der Waals surface area contributed by atoms with Crippen LogP contribution in [0.3, 0.4) is 0 Å². The quantitative estimate of drug-likeness (QED) is 0.880. The Morgan fingerprint density at radius 3 is 2.86 bits per heavy atom. The molecule has 3 rings (SSSR count). The van der Waals surface area contributed by atoms with E-state index in [-0.39, 0.29) is 6.04 Å². The van der Waals surface area contributed by atoms with E-state index in [1.54, 1.807) is 0 Å². The molecule has 1 atom stereocenters. The lowest BCUT2D eigenvalue weighted by atomic mass is 10.1. The van der Waals surface area contributed by atoms with Crippen LogP contribution < -0.4 is 4.72 Å². The van der Waals surface area contributed by atoms with Crippen LogP contribution in [-0.4, -0.2) is 49.0 Å². The molecular formula is C14H24N4O2S. The van der Waals surface area contributed by atoms with E-state index < -0.39 is 10.0 Å². The molecule has 1 aromatic heterocycles. The number of fused-ring (bicyclic) bond motifs is 1. The summed E-state index contributed by atoms with van der Waals surface area (Å²) < 4.78 is 27.3. The Labute approximate surface area is 126 Å². The van der Waals surface area contributed by atoms with Crippen molar-refractivity contribution in [1.29, 1.82) is 0 Å². The highest BCUT2D eigenvalue weighted by Crippen LogP contribution is 2.28. The monoisotopic (exact) mass is 312 g/mol. The minimum absolute atomic E-state index is 0.0832. The lowest BCUT2D eigenvalue weighted by molar-refractivity contribution is 0.152. The van der Waals surface area contributed by atoms with Crippen molar-refractivity contribution in [2.24, 2.45) is 5.92 Å². The van der Waals surface area contributed by atoms with Crippen molar-refractivity contribution < 1.29 is 8.42 Å². The third kappa shape index (κ3) is 3.84. The van der Waals surface area contributed by atoms with Gasteiger partial charge in [-0.25, -0.2) is 13.1 Å². The van der Waals surface area contributed by atoms with Gasteiger partial charge in [0.05, 0.1) is 18.0 Å². The molecule has 1 aliphatic heterocycles. The van der Waals surface area contributed by atoms with Crippen molar-refractivity contribution in [3.05, 3.63) is 18.0 Å². The van der Waals surface area contributed by atoms with Crippen LogP contribution in [0, 0.1) is 5.92 Å². The Kier molecular flexibility index (Phi) is 4.33. The van der Waals surface area contributed by atoms with Gasteiger partial charge in [0.25, 0.3) is 0 Å². The molecule has 0 aromatic carbocycles. The first-order valence-corrected chi connectivity index (χ1v) is 9.60. The number of nitrogens with zero attached hydrogens (tertiary/aromatic N) is 3. The van der Waals surface area contributed by atoms with Crippen LogP contribution in [-0.2, 0) is 16.6 Å². The minimum Gasteiger partial charge on any atom is -0.295 e. The first kappa shape index (κ1) is 15.0. The first-order valence-electron chi connectivity index (χ1n) is 7.70. The average Bonchev–Trinajstić information content (AvgIpc) is 3.05. The standard InChI is InChI=1S/C14H24N4O2S/c1-21(19,20)16-8-14-11-17(9-12-4-2-3-5-12)10-13-6-7-15-18(13)14/h6-7,12,14,16H,2-5,8-11H2,1H3/t14-/m0/s1. The van der Waals surface area contributed by atoms with Crippen LogP contribution in [0.2, 0.25) is 0 Å². The highest BCUT2D eigenvalue weighted by molar-refractivity contribution is 7.88. The van der Waals surface area contributed by atoms with Crippen molar-refractivity contribution in [1.82, 2.24) is 19.4 Å². The predicted molar refractivity (Wildman–Crippen MR) is 81.3 cm³/mol. The van der Waals surface area contributed by atoms with Crippen LogP contribution >= 0.6 is 0 Å². The Morgan fingerprint density at radius 1 is 1.38 bits per heavy atom. The van der Waals surface area contributed by atoms with E-state index in [9.17, 15) is 8.42 Å². The molecule has 1 N–H and O–H groups in total. The van der Waals surface area contributed by atoms with Gasteiger partial charge in [0.1, 0.15) is 0 Å². The zero-order valence-corrected chi connectivity index (χ0v) is 13.3. The van der Waals surface area contributed by atoms with Gasteiger partial charge in [-0.2, -0.15) is 5.10 Å². The number of rotatable bonds is 5. The lowest BCUT2D eigenvalue weighted by Crippen LogP contribution is -2.44. The third-order valence-corrected chi connectivity index (χ3v) is 5.22. The number of sulfonamides is 1. The summed E-state index contributed by atoms with van der Waals surface area (Å²) in [5.74, 6) is 0.808. The van der Waals surface area contributed by atoms with Gasteiger partial charge in [0.2, 0.25) is 10.0 Å². The summed E-state index contributed by atoms with van der Waals surface area (Å²) in [7, 11) is -3.16. The molecule has 0 saturated heterocycles. The fraction of sp³-hybridized carbons (Fsp3) is 0.786. The zero-order valence-electron chi connectivity index (χ0n) is 12.5. The molecule has 1 aliphatic carbocycles. The molecule has 6 nitrogen and oxygen atoms in total. The first-order chi connectivity index (χ1) is 10.0. The van der Waals surface area contributed by atoms with Crippen molar-refractivity contribution in [2.45, 2.75) is 38.3 Å². The van der Waals surface area contributed by atoms with E-state index in [2.05, 4.69) is 14.7 Å². The Hall–Kier alpha value is -0.920. The Balaban J connectivity index is 1.67. The van der Waals surface area contributed by atoms with E-state index in [1.807, 2.05) is 16.9 Å². The minimum atomic E-state index is -3.16. The van der Waals surface area contributed by atoms with Gasteiger partial charge in [-0.05, 0) is 24.8 Å². The molecule has 118 valence electrons. The Morgan fingerprint density at radius 2 is 2.14 bits per heavy atom. The fourth-order valence-corrected chi connectivity index (χ4v) is 4.06. The summed E-state index contributed by atoms with van der Waals surface area (Å²) in [5, 5.41) is 4.36. The van der Waals surface area contributed by atoms with Crippen molar-refractivity contribution >= 4 is 10.0 Å². The molecule has 0 bridgehead atoms. The second-order valence-electron chi connectivity index (χ2n) is 6.39. The van der Waals surface area contributed by atoms with Crippen LogP contribution in [0.25, 0.3) is 0 Å². The highest BCUT2D eigenvalue weighted by Gasteiger charge is 2.28. The maximum atomic E-state index is 11.3. The van der Waals surface area contributed by atoms with Gasteiger partial charge >= 0.3 is 0 Å². The number of aromatic nitrogens is 2. The van der Waals surface area contributed by atoms with Crippen LogP contribution in [0.1, 0.15) is 37.4 Å². The topological polar surface area (TPSA) is 67.2 Å². The molecule has 0 radical (unpaired) electrons. The van der Waals surface area contributed by atoms with Gasteiger partial charge in [0.15, 0.2) is 0 Å². The normalized spacial score (nSPS) is 24.3. The smallest absolute Gasteiger partial charge is 0.208 e. The largest absolute Gasteiger partial charge is 0.295 e. The lowest BCUT2D eigenvalue weighted by Gasteiger charge is -2.35. The number of hydrogen-bond acceptors (Lipinski definition) is 4. The second kappa shape index (κ2) is 6.06. The average molecular weight is 312 g/mol. The number of nitrogens with one attached hydrogen (secondary N) is 1. The summed E-state index contributed by atoms with van der Waals surface area (Å²) >= 11 is 0. The van der Waals surface area contributed by atoms with Crippen LogP contribution in [0.4, 0.5) is 0 Å². The van der Waals surface area contributed by atoms with E-state index in [1.165, 1.54) is 37.6 Å². The molecule has 1 aromatic rings. The molecule has 0 amide bonds. The van der Waals surface area contributed by atoms with Crippen molar-refractivity contribution in [2.75, 3.05) is 25.9 Å². The highest BCUT2D eigenvalue weighted by atomic mass is 32.2. The zero-order chi connectivity index (χ0) is 14.9. The molecule has 2 heterocycles. The molecule has 2 aliphatic rings.